The lowest BCUT2D eigenvalue weighted by Crippen LogP contribution is -2.42. The molecule has 1 fully saturated rings. The molecule has 0 unspecified atom stereocenters. The van der Waals surface area contributed by atoms with E-state index in [1.54, 1.807) is 0 Å². The quantitative estimate of drug-likeness (QED) is 0.761. The third-order valence-electron chi connectivity index (χ3n) is 4.24. The van der Waals surface area contributed by atoms with Crippen molar-refractivity contribution in [1.82, 2.24) is 0 Å². The average Bonchev–Trinajstić information content (AvgIpc) is 2.70. The largest absolute Gasteiger partial charge is 0.367 e. The molecule has 1 aliphatic rings. The van der Waals surface area contributed by atoms with Crippen LogP contribution in [0.15, 0.2) is 18.2 Å². The third-order valence-corrected chi connectivity index (χ3v) is 4.24. The highest BCUT2D eigenvalue weighted by atomic mass is 19.1. The number of rotatable bonds is 5. The van der Waals surface area contributed by atoms with Crippen LogP contribution in [0.4, 0.5) is 8.78 Å². The van der Waals surface area contributed by atoms with Crippen LogP contribution < -0.4 is 0 Å². The number of ketones is 1. The van der Waals surface area contributed by atoms with Gasteiger partial charge in [-0.05, 0) is 31.9 Å². The molecule has 0 N–H and O–H groups in total. The number of Topliss-reactive ketones (excluding diaryl/α,β-unsaturated/α-hetero) is 1. The smallest absolute Gasteiger partial charge is 0.169 e. The molecule has 1 aromatic rings. The summed E-state index contributed by atoms with van der Waals surface area (Å²) in [4.78, 5) is 12.7. The van der Waals surface area contributed by atoms with Crippen LogP contribution in [0.5, 0.6) is 0 Å². The van der Waals surface area contributed by atoms with Crippen molar-refractivity contribution in [1.29, 1.82) is 0 Å². The van der Waals surface area contributed by atoms with E-state index in [1.807, 2.05) is 6.92 Å². The SMILES string of the molecule is CCOC1(C(=O)Cc2c(F)cccc2F)CCCCCC1. The second-order valence-corrected chi connectivity index (χ2v) is 5.64. The first kappa shape index (κ1) is 16.1. The lowest BCUT2D eigenvalue weighted by Gasteiger charge is -2.31. The minimum Gasteiger partial charge on any atom is -0.367 e. The molecule has 1 saturated carbocycles. The van der Waals surface area contributed by atoms with Crippen LogP contribution in [0.3, 0.4) is 0 Å². The first-order valence-electron chi connectivity index (χ1n) is 7.69. The fraction of sp³-hybridized carbons (Fsp3) is 0.588. The summed E-state index contributed by atoms with van der Waals surface area (Å²) >= 11 is 0. The Labute approximate surface area is 124 Å². The van der Waals surface area contributed by atoms with E-state index < -0.39 is 17.2 Å². The molecule has 0 spiro atoms. The van der Waals surface area contributed by atoms with E-state index >= 15 is 0 Å². The summed E-state index contributed by atoms with van der Waals surface area (Å²) in [6, 6.07) is 3.68. The summed E-state index contributed by atoms with van der Waals surface area (Å²) in [6.07, 6.45) is 5.06. The highest BCUT2D eigenvalue weighted by molar-refractivity contribution is 5.89. The van der Waals surface area contributed by atoms with Gasteiger partial charge in [0, 0.05) is 18.6 Å². The molecular weight excluding hydrogens is 274 g/mol. The topological polar surface area (TPSA) is 26.3 Å². The molecule has 2 nitrogen and oxygen atoms in total. The van der Waals surface area contributed by atoms with Crippen molar-refractivity contribution in [3.63, 3.8) is 0 Å². The van der Waals surface area contributed by atoms with Crippen LogP contribution in [0.2, 0.25) is 0 Å². The number of carbonyl (C=O) groups is 1. The predicted molar refractivity (Wildman–Crippen MR) is 77.1 cm³/mol. The van der Waals surface area contributed by atoms with Gasteiger partial charge in [0.1, 0.15) is 17.2 Å². The van der Waals surface area contributed by atoms with E-state index in [9.17, 15) is 13.6 Å². The Hall–Kier alpha value is -1.29. The van der Waals surface area contributed by atoms with Crippen LogP contribution in [-0.4, -0.2) is 18.0 Å². The molecule has 116 valence electrons. The minimum absolute atomic E-state index is 0.147. The molecule has 21 heavy (non-hydrogen) atoms. The molecule has 0 saturated heterocycles. The number of halogens is 2. The minimum atomic E-state index is -0.861. The molecule has 0 aromatic heterocycles. The van der Waals surface area contributed by atoms with Gasteiger partial charge in [-0.3, -0.25) is 4.79 Å². The monoisotopic (exact) mass is 296 g/mol. The average molecular weight is 296 g/mol. The highest BCUT2D eigenvalue weighted by Gasteiger charge is 2.39. The van der Waals surface area contributed by atoms with Crippen molar-refractivity contribution in [3.05, 3.63) is 35.4 Å². The second-order valence-electron chi connectivity index (χ2n) is 5.64. The second kappa shape index (κ2) is 7.12. The number of hydrogen-bond donors (Lipinski definition) is 0. The van der Waals surface area contributed by atoms with Crippen molar-refractivity contribution in [3.8, 4) is 0 Å². The van der Waals surface area contributed by atoms with Gasteiger partial charge >= 0.3 is 0 Å². The Kier molecular flexibility index (Phi) is 5.45. The van der Waals surface area contributed by atoms with Gasteiger partial charge in [-0.25, -0.2) is 8.78 Å². The fourth-order valence-electron chi connectivity index (χ4n) is 3.10. The first-order valence-corrected chi connectivity index (χ1v) is 7.69. The summed E-state index contributed by atoms with van der Waals surface area (Å²) in [7, 11) is 0. The third kappa shape index (κ3) is 3.67. The van der Waals surface area contributed by atoms with Crippen molar-refractivity contribution >= 4 is 5.78 Å². The van der Waals surface area contributed by atoms with E-state index in [-0.39, 0.29) is 17.8 Å². The molecular formula is C17H22F2O2. The normalized spacial score (nSPS) is 18.2. The van der Waals surface area contributed by atoms with E-state index in [0.29, 0.717) is 19.4 Å². The van der Waals surface area contributed by atoms with Gasteiger partial charge in [0.2, 0.25) is 0 Å². The summed E-state index contributed by atoms with van der Waals surface area (Å²) in [6.45, 7) is 2.29. The number of carbonyl (C=O) groups excluding carboxylic acids is 1. The first-order chi connectivity index (χ1) is 10.1. The number of benzene rings is 1. The maximum atomic E-state index is 13.7. The number of hydrogen-bond acceptors (Lipinski definition) is 2. The van der Waals surface area contributed by atoms with Gasteiger partial charge in [-0.2, -0.15) is 0 Å². The molecule has 1 aliphatic carbocycles. The van der Waals surface area contributed by atoms with Crippen LogP contribution in [0, 0.1) is 11.6 Å². The highest BCUT2D eigenvalue weighted by Crippen LogP contribution is 2.33. The maximum absolute atomic E-state index is 13.7. The molecule has 0 atom stereocenters. The van der Waals surface area contributed by atoms with Gasteiger partial charge in [-0.1, -0.05) is 31.7 Å². The van der Waals surface area contributed by atoms with Gasteiger partial charge in [-0.15, -0.1) is 0 Å². The van der Waals surface area contributed by atoms with Crippen molar-refractivity contribution in [2.24, 2.45) is 0 Å². The van der Waals surface area contributed by atoms with Gasteiger partial charge in [0.25, 0.3) is 0 Å². The zero-order chi connectivity index (χ0) is 15.3. The zero-order valence-electron chi connectivity index (χ0n) is 12.5. The Morgan fingerprint density at radius 1 is 1.14 bits per heavy atom. The molecule has 0 aliphatic heterocycles. The van der Waals surface area contributed by atoms with Crippen LogP contribution in [-0.2, 0) is 16.0 Å². The predicted octanol–water partition coefficient (Wildman–Crippen LogP) is 4.21. The fourth-order valence-corrected chi connectivity index (χ4v) is 3.10. The molecule has 0 bridgehead atoms. The molecule has 2 rings (SSSR count). The lowest BCUT2D eigenvalue weighted by atomic mass is 9.86. The van der Waals surface area contributed by atoms with Crippen LogP contribution >= 0.6 is 0 Å². The molecule has 0 radical (unpaired) electrons. The molecule has 4 heteroatoms. The van der Waals surface area contributed by atoms with Gasteiger partial charge in [0.05, 0.1) is 0 Å². The van der Waals surface area contributed by atoms with Crippen LogP contribution in [0.1, 0.15) is 51.0 Å². The van der Waals surface area contributed by atoms with E-state index in [4.69, 9.17) is 4.74 Å². The summed E-state index contributed by atoms with van der Waals surface area (Å²) < 4.78 is 33.2. The van der Waals surface area contributed by atoms with Crippen molar-refractivity contribution in [2.45, 2.75) is 57.5 Å². The Morgan fingerprint density at radius 2 is 1.71 bits per heavy atom. The molecule has 0 heterocycles. The maximum Gasteiger partial charge on any atom is 0.169 e. The lowest BCUT2D eigenvalue weighted by molar-refractivity contribution is -0.145. The van der Waals surface area contributed by atoms with Gasteiger partial charge in [0.15, 0.2) is 5.78 Å². The Bertz CT molecular complexity index is 471. The standard InChI is InChI=1S/C17H22F2O2/c1-2-21-17(10-5-3-4-6-11-17)16(20)12-13-14(18)8-7-9-15(13)19/h7-9H,2-6,10-12H2,1H3. The molecule has 1 aromatic carbocycles. The molecule has 0 amide bonds. The summed E-state index contributed by atoms with van der Waals surface area (Å²) in [5.74, 6) is -1.53. The van der Waals surface area contributed by atoms with Gasteiger partial charge < -0.3 is 4.74 Å². The van der Waals surface area contributed by atoms with E-state index in [0.717, 1.165) is 25.7 Å². The van der Waals surface area contributed by atoms with Crippen molar-refractivity contribution < 1.29 is 18.3 Å². The zero-order valence-corrected chi connectivity index (χ0v) is 12.5. The van der Waals surface area contributed by atoms with E-state index in [2.05, 4.69) is 0 Å². The Morgan fingerprint density at radius 3 is 2.24 bits per heavy atom. The van der Waals surface area contributed by atoms with Crippen LogP contribution in [0.25, 0.3) is 0 Å². The summed E-state index contributed by atoms with van der Waals surface area (Å²) in [5, 5.41) is 0. The number of ether oxygens (including phenoxy) is 1. The van der Waals surface area contributed by atoms with Crippen molar-refractivity contribution in [2.75, 3.05) is 6.61 Å². The summed E-state index contributed by atoms with van der Waals surface area (Å²) in [5.41, 5.74) is -1.01. The Balaban J connectivity index is 2.22. The van der Waals surface area contributed by atoms with E-state index in [1.165, 1.54) is 18.2 Å².